The maximum atomic E-state index is 11.8. The van der Waals surface area contributed by atoms with Gasteiger partial charge in [-0.15, -0.1) is 0 Å². The zero-order valence-corrected chi connectivity index (χ0v) is 10.7. The Balaban J connectivity index is 1.92. The number of hydrogen-bond acceptors (Lipinski definition) is 4. The first kappa shape index (κ1) is 13.1. The van der Waals surface area contributed by atoms with E-state index in [0.717, 1.165) is 19.4 Å². The SMILES string of the molecule is Nc1ccc(Cl)cc1NC(=O)CN1CCCCO1. The van der Waals surface area contributed by atoms with E-state index in [-0.39, 0.29) is 12.5 Å². The van der Waals surface area contributed by atoms with E-state index in [1.54, 1.807) is 23.3 Å². The van der Waals surface area contributed by atoms with Gasteiger partial charge in [0.15, 0.2) is 0 Å². The van der Waals surface area contributed by atoms with Gasteiger partial charge in [0.1, 0.15) is 6.54 Å². The Bertz CT molecular complexity index is 433. The number of anilines is 2. The molecule has 6 heteroatoms. The van der Waals surface area contributed by atoms with Crippen LogP contribution in [0.2, 0.25) is 5.02 Å². The first-order valence-electron chi connectivity index (χ1n) is 5.88. The molecule has 18 heavy (non-hydrogen) atoms. The molecule has 0 bridgehead atoms. The Morgan fingerprint density at radius 2 is 2.33 bits per heavy atom. The molecule has 0 spiro atoms. The van der Waals surface area contributed by atoms with E-state index in [2.05, 4.69) is 5.32 Å². The van der Waals surface area contributed by atoms with Gasteiger partial charge in [0.25, 0.3) is 0 Å². The smallest absolute Gasteiger partial charge is 0.241 e. The van der Waals surface area contributed by atoms with Crippen molar-refractivity contribution in [1.29, 1.82) is 0 Å². The van der Waals surface area contributed by atoms with Crippen LogP contribution in [0.4, 0.5) is 11.4 Å². The summed E-state index contributed by atoms with van der Waals surface area (Å²) < 4.78 is 0. The minimum atomic E-state index is -0.161. The van der Waals surface area contributed by atoms with Crippen LogP contribution in [-0.2, 0) is 9.63 Å². The summed E-state index contributed by atoms with van der Waals surface area (Å²) in [5.74, 6) is -0.161. The van der Waals surface area contributed by atoms with Gasteiger partial charge < -0.3 is 11.1 Å². The molecular formula is C12H16ClN3O2. The third-order valence-electron chi connectivity index (χ3n) is 2.69. The fourth-order valence-corrected chi connectivity index (χ4v) is 1.93. The Kier molecular flexibility index (Phi) is 4.41. The summed E-state index contributed by atoms with van der Waals surface area (Å²) in [7, 11) is 0. The quantitative estimate of drug-likeness (QED) is 0.823. The first-order valence-corrected chi connectivity index (χ1v) is 6.26. The third-order valence-corrected chi connectivity index (χ3v) is 2.92. The van der Waals surface area contributed by atoms with Crippen LogP contribution in [0, 0.1) is 0 Å². The molecule has 0 aromatic heterocycles. The van der Waals surface area contributed by atoms with Crippen LogP contribution in [0.25, 0.3) is 0 Å². The van der Waals surface area contributed by atoms with Gasteiger partial charge in [-0.3, -0.25) is 9.63 Å². The molecule has 1 aromatic carbocycles. The number of nitrogens with zero attached hydrogens (tertiary/aromatic N) is 1. The van der Waals surface area contributed by atoms with Crippen molar-refractivity contribution >= 4 is 28.9 Å². The Labute approximate surface area is 111 Å². The van der Waals surface area contributed by atoms with E-state index in [0.29, 0.717) is 23.0 Å². The molecular weight excluding hydrogens is 254 g/mol. The summed E-state index contributed by atoms with van der Waals surface area (Å²) in [6.45, 7) is 1.65. The summed E-state index contributed by atoms with van der Waals surface area (Å²) in [4.78, 5) is 17.2. The van der Waals surface area contributed by atoms with E-state index in [1.165, 1.54) is 0 Å². The summed E-state index contributed by atoms with van der Waals surface area (Å²) in [5.41, 5.74) is 6.78. The second-order valence-corrected chi connectivity index (χ2v) is 4.62. The van der Waals surface area contributed by atoms with Gasteiger partial charge in [-0.1, -0.05) is 11.6 Å². The van der Waals surface area contributed by atoms with Gasteiger partial charge in [-0.2, -0.15) is 5.06 Å². The van der Waals surface area contributed by atoms with Crippen molar-refractivity contribution in [2.75, 3.05) is 30.7 Å². The average molecular weight is 270 g/mol. The van der Waals surface area contributed by atoms with E-state index < -0.39 is 0 Å². The molecule has 1 aliphatic rings. The molecule has 1 heterocycles. The molecule has 5 nitrogen and oxygen atoms in total. The lowest BCUT2D eigenvalue weighted by Crippen LogP contribution is -2.37. The number of benzene rings is 1. The van der Waals surface area contributed by atoms with E-state index in [4.69, 9.17) is 22.2 Å². The van der Waals surface area contributed by atoms with E-state index in [9.17, 15) is 4.79 Å². The number of nitrogens with two attached hydrogens (primary N) is 1. The van der Waals surface area contributed by atoms with Crippen LogP contribution in [0.1, 0.15) is 12.8 Å². The van der Waals surface area contributed by atoms with Gasteiger partial charge in [0, 0.05) is 11.6 Å². The summed E-state index contributed by atoms with van der Waals surface area (Å²) in [5, 5.41) is 4.93. The van der Waals surface area contributed by atoms with Crippen molar-refractivity contribution in [3.05, 3.63) is 23.2 Å². The third kappa shape index (κ3) is 3.60. The second kappa shape index (κ2) is 6.04. The predicted molar refractivity (Wildman–Crippen MR) is 71.3 cm³/mol. The van der Waals surface area contributed by atoms with Gasteiger partial charge >= 0.3 is 0 Å². The van der Waals surface area contributed by atoms with E-state index >= 15 is 0 Å². The standard InChI is InChI=1S/C12H16ClN3O2/c13-9-3-4-10(14)11(7-9)15-12(17)8-16-5-1-2-6-18-16/h3-4,7H,1-2,5-6,8,14H2,(H,15,17). The summed E-state index contributed by atoms with van der Waals surface area (Å²) in [6, 6.07) is 4.97. The number of nitrogens with one attached hydrogen (secondary N) is 1. The maximum absolute atomic E-state index is 11.8. The molecule has 3 N–H and O–H groups in total. The van der Waals surface area contributed by atoms with Crippen LogP contribution in [0.15, 0.2) is 18.2 Å². The zero-order chi connectivity index (χ0) is 13.0. The molecule has 1 amide bonds. The number of carbonyl (C=O) groups is 1. The number of hydroxylamine groups is 2. The largest absolute Gasteiger partial charge is 0.397 e. The lowest BCUT2D eigenvalue weighted by molar-refractivity contribution is -0.182. The number of hydrogen-bond donors (Lipinski definition) is 2. The van der Waals surface area contributed by atoms with Crippen LogP contribution >= 0.6 is 11.6 Å². The summed E-state index contributed by atoms with van der Waals surface area (Å²) in [6.07, 6.45) is 2.09. The monoisotopic (exact) mass is 269 g/mol. The Morgan fingerprint density at radius 1 is 1.50 bits per heavy atom. The Morgan fingerprint density at radius 3 is 3.06 bits per heavy atom. The lowest BCUT2D eigenvalue weighted by atomic mass is 10.2. The van der Waals surface area contributed by atoms with Gasteiger partial charge in [0.05, 0.1) is 18.0 Å². The fourth-order valence-electron chi connectivity index (χ4n) is 1.76. The molecule has 0 saturated carbocycles. The van der Waals surface area contributed by atoms with Gasteiger partial charge in [0.2, 0.25) is 5.91 Å². The minimum Gasteiger partial charge on any atom is -0.397 e. The van der Waals surface area contributed by atoms with Crippen molar-refractivity contribution in [1.82, 2.24) is 5.06 Å². The van der Waals surface area contributed by atoms with Crippen molar-refractivity contribution in [3.8, 4) is 0 Å². The number of rotatable bonds is 3. The fraction of sp³-hybridized carbons (Fsp3) is 0.417. The molecule has 0 radical (unpaired) electrons. The van der Waals surface area contributed by atoms with Crippen LogP contribution in [0.5, 0.6) is 0 Å². The zero-order valence-electron chi connectivity index (χ0n) is 9.99. The number of carbonyl (C=O) groups excluding carboxylic acids is 1. The number of halogens is 1. The van der Waals surface area contributed by atoms with E-state index in [1.807, 2.05) is 0 Å². The normalized spacial score (nSPS) is 16.5. The number of nitrogen functional groups attached to an aromatic ring is 1. The van der Waals surface area contributed by atoms with Gasteiger partial charge in [-0.05, 0) is 31.0 Å². The molecule has 0 aliphatic carbocycles. The van der Waals surface area contributed by atoms with Crippen molar-refractivity contribution < 1.29 is 9.63 Å². The lowest BCUT2D eigenvalue weighted by Gasteiger charge is -2.25. The van der Waals surface area contributed by atoms with Crippen molar-refractivity contribution in [3.63, 3.8) is 0 Å². The highest BCUT2D eigenvalue weighted by Gasteiger charge is 2.15. The summed E-state index contributed by atoms with van der Waals surface area (Å²) >= 11 is 5.85. The van der Waals surface area contributed by atoms with Crippen LogP contribution < -0.4 is 11.1 Å². The molecule has 1 saturated heterocycles. The Hall–Kier alpha value is -1.30. The van der Waals surface area contributed by atoms with Crippen LogP contribution in [0.3, 0.4) is 0 Å². The molecule has 0 atom stereocenters. The van der Waals surface area contributed by atoms with Crippen LogP contribution in [-0.4, -0.2) is 30.7 Å². The first-order chi connectivity index (χ1) is 8.65. The molecule has 0 unspecified atom stereocenters. The maximum Gasteiger partial charge on any atom is 0.241 e. The van der Waals surface area contributed by atoms with Gasteiger partial charge in [-0.25, -0.2) is 0 Å². The molecule has 2 rings (SSSR count). The minimum absolute atomic E-state index is 0.161. The highest BCUT2D eigenvalue weighted by atomic mass is 35.5. The number of amides is 1. The highest BCUT2D eigenvalue weighted by Crippen LogP contribution is 2.22. The topological polar surface area (TPSA) is 67.6 Å². The predicted octanol–water partition coefficient (Wildman–Crippen LogP) is 1.89. The highest BCUT2D eigenvalue weighted by molar-refractivity contribution is 6.31. The molecule has 1 aliphatic heterocycles. The van der Waals surface area contributed by atoms with Crippen molar-refractivity contribution in [2.24, 2.45) is 0 Å². The van der Waals surface area contributed by atoms with Crippen molar-refractivity contribution in [2.45, 2.75) is 12.8 Å². The molecule has 1 fully saturated rings. The second-order valence-electron chi connectivity index (χ2n) is 4.18. The average Bonchev–Trinajstić information content (AvgIpc) is 2.35. The molecule has 1 aromatic rings. The molecule has 98 valence electrons.